The molecule has 0 heterocycles. The number of halogens is 1. The van der Waals surface area contributed by atoms with Crippen LogP contribution in [-0.4, -0.2) is 13.6 Å². The van der Waals surface area contributed by atoms with E-state index in [0.717, 1.165) is 24.9 Å². The maximum Gasteiger partial charge on any atom is 0.123 e. The van der Waals surface area contributed by atoms with Crippen LogP contribution in [0.3, 0.4) is 0 Å². The molecule has 20 heavy (non-hydrogen) atoms. The zero-order chi connectivity index (χ0) is 14.0. The van der Waals surface area contributed by atoms with E-state index in [2.05, 4.69) is 41.7 Å². The summed E-state index contributed by atoms with van der Waals surface area (Å²) in [6.07, 6.45) is 2.17. The minimum Gasteiger partial charge on any atom is -0.319 e. The molecule has 2 heteroatoms. The van der Waals surface area contributed by atoms with Gasteiger partial charge >= 0.3 is 0 Å². The van der Waals surface area contributed by atoms with Crippen molar-refractivity contribution >= 4 is 0 Å². The van der Waals surface area contributed by atoms with Gasteiger partial charge in [-0.05, 0) is 49.1 Å². The van der Waals surface area contributed by atoms with E-state index in [-0.39, 0.29) is 11.2 Å². The van der Waals surface area contributed by atoms with Crippen LogP contribution in [0.5, 0.6) is 0 Å². The lowest BCUT2D eigenvalue weighted by Gasteiger charge is -2.48. The maximum absolute atomic E-state index is 13.5. The highest BCUT2D eigenvalue weighted by molar-refractivity contribution is 5.35. The highest BCUT2D eigenvalue weighted by atomic mass is 19.1. The molecular weight excluding hydrogens is 249 g/mol. The molecule has 0 bridgehead atoms. The van der Waals surface area contributed by atoms with Gasteiger partial charge in [0.05, 0.1) is 0 Å². The summed E-state index contributed by atoms with van der Waals surface area (Å²) in [7, 11) is 1.97. The van der Waals surface area contributed by atoms with Crippen molar-refractivity contribution in [2.24, 2.45) is 0 Å². The topological polar surface area (TPSA) is 12.0 Å². The summed E-state index contributed by atoms with van der Waals surface area (Å²) in [4.78, 5) is 0. The molecule has 0 radical (unpaired) electrons. The first-order valence-corrected chi connectivity index (χ1v) is 7.19. The minimum atomic E-state index is -0.138. The zero-order valence-electron chi connectivity index (χ0n) is 11.8. The number of likely N-dealkylation sites (N-methyl/N-ethyl adjacent to an activating group) is 1. The van der Waals surface area contributed by atoms with Crippen molar-refractivity contribution in [2.45, 2.75) is 24.2 Å². The molecular formula is C18H20FN. The van der Waals surface area contributed by atoms with Gasteiger partial charge in [-0.3, -0.25) is 0 Å². The van der Waals surface area contributed by atoms with Gasteiger partial charge in [-0.2, -0.15) is 0 Å². The Morgan fingerprint density at radius 2 is 1.85 bits per heavy atom. The van der Waals surface area contributed by atoms with E-state index in [9.17, 15) is 4.39 Å². The second-order valence-corrected chi connectivity index (χ2v) is 5.84. The van der Waals surface area contributed by atoms with E-state index in [4.69, 9.17) is 0 Å². The van der Waals surface area contributed by atoms with E-state index in [1.807, 2.05) is 13.1 Å². The quantitative estimate of drug-likeness (QED) is 0.888. The molecule has 1 aliphatic carbocycles. The van der Waals surface area contributed by atoms with Gasteiger partial charge in [-0.1, -0.05) is 42.5 Å². The van der Waals surface area contributed by atoms with Crippen LogP contribution in [0.1, 0.15) is 29.9 Å². The smallest absolute Gasteiger partial charge is 0.123 e. The number of nitrogens with one attached hydrogen (secondary N) is 1. The Bertz CT molecular complexity index is 573. The van der Waals surface area contributed by atoms with Gasteiger partial charge < -0.3 is 5.32 Å². The third kappa shape index (κ3) is 2.36. The van der Waals surface area contributed by atoms with Gasteiger partial charge in [-0.25, -0.2) is 4.39 Å². The number of hydrogen-bond donors (Lipinski definition) is 1. The first-order chi connectivity index (χ1) is 9.73. The molecule has 0 aliphatic heterocycles. The van der Waals surface area contributed by atoms with E-state index < -0.39 is 0 Å². The van der Waals surface area contributed by atoms with Crippen molar-refractivity contribution in [3.05, 3.63) is 71.5 Å². The van der Waals surface area contributed by atoms with Gasteiger partial charge in [0.25, 0.3) is 0 Å². The first-order valence-electron chi connectivity index (χ1n) is 7.19. The fourth-order valence-corrected chi connectivity index (χ4v) is 3.48. The average molecular weight is 269 g/mol. The normalized spacial score (nSPS) is 25.2. The second-order valence-electron chi connectivity index (χ2n) is 5.84. The van der Waals surface area contributed by atoms with Crippen LogP contribution in [0.4, 0.5) is 4.39 Å². The first kappa shape index (κ1) is 13.3. The van der Waals surface area contributed by atoms with Gasteiger partial charge in [0.1, 0.15) is 5.82 Å². The Morgan fingerprint density at radius 1 is 1.10 bits per heavy atom. The van der Waals surface area contributed by atoms with Crippen LogP contribution in [0.15, 0.2) is 54.6 Å². The van der Waals surface area contributed by atoms with E-state index >= 15 is 0 Å². The molecule has 1 N–H and O–H groups in total. The van der Waals surface area contributed by atoms with Crippen LogP contribution in [0, 0.1) is 5.82 Å². The molecule has 2 aromatic carbocycles. The lowest BCUT2D eigenvalue weighted by atomic mass is 9.57. The molecule has 1 aliphatic rings. The fraction of sp³-hybridized carbons (Fsp3) is 0.333. The summed E-state index contributed by atoms with van der Waals surface area (Å²) in [5.74, 6) is 0.453. The highest BCUT2D eigenvalue weighted by Crippen LogP contribution is 2.52. The second kappa shape index (κ2) is 5.37. The van der Waals surface area contributed by atoms with Crippen molar-refractivity contribution in [3.8, 4) is 0 Å². The molecule has 0 unspecified atom stereocenters. The summed E-state index contributed by atoms with van der Waals surface area (Å²) in [5, 5.41) is 3.28. The standard InChI is InChI=1S/C18H20FN/c1-20-13-18(16-8-5-9-17(19)10-16)11-15(12-18)14-6-3-2-4-7-14/h2-10,15,20H,11-13H2,1H3. The monoisotopic (exact) mass is 269 g/mol. The third-order valence-corrected chi connectivity index (χ3v) is 4.50. The zero-order valence-corrected chi connectivity index (χ0v) is 11.8. The summed E-state index contributed by atoms with van der Waals surface area (Å²) >= 11 is 0. The summed E-state index contributed by atoms with van der Waals surface area (Å²) < 4.78 is 13.5. The SMILES string of the molecule is CNCC1(c2cccc(F)c2)CC(c2ccccc2)C1. The van der Waals surface area contributed by atoms with Crippen molar-refractivity contribution in [1.29, 1.82) is 0 Å². The number of hydrogen-bond acceptors (Lipinski definition) is 1. The largest absolute Gasteiger partial charge is 0.319 e. The van der Waals surface area contributed by atoms with E-state index in [1.54, 1.807) is 6.07 Å². The third-order valence-electron chi connectivity index (χ3n) is 4.50. The lowest BCUT2D eigenvalue weighted by Crippen LogP contribution is -2.47. The van der Waals surface area contributed by atoms with E-state index in [0.29, 0.717) is 5.92 Å². The van der Waals surface area contributed by atoms with Crippen LogP contribution in [0.2, 0.25) is 0 Å². The Balaban J connectivity index is 1.83. The van der Waals surface area contributed by atoms with Gasteiger partial charge in [0.2, 0.25) is 0 Å². The number of benzene rings is 2. The predicted molar refractivity (Wildman–Crippen MR) is 80.4 cm³/mol. The minimum absolute atomic E-state index is 0.0807. The Morgan fingerprint density at radius 3 is 2.50 bits per heavy atom. The average Bonchev–Trinajstić information content (AvgIpc) is 2.43. The van der Waals surface area contributed by atoms with Crippen LogP contribution >= 0.6 is 0 Å². The van der Waals surface area contributed by atoms with E-state index in [1.165, 1.54) is 11.6 Å². The van der Waals surface area contributed by atoms with Gasteiger partial charge in [0, 0.05) is 12.0 Å². The fourth-order valence-electron chi connectivity index (χ4n) is 3.48. The molecule has 2 aromatic rings. The Hall–Kier alpha value is -1.67. The molecule has 3 rings (SSSR count). The molecule has 0 aromatic heterocycles. The van der Waals surface area contributed by atoms with Crippen molar-refractivity contribution in [1.82, 2.24) is 5.32 Å². The Kier molecular flexibility index (Phi) is 3.58. The predicted octanol–water partition coefficient (Wildman–Crippen LogP) is 3.86. The highest BCUT2D eigenvalue weighted by Gasteiger charge is 2.45. The molecule has 0 atom stereocenters. The van der Waals surface area contributed by atoms with Crippen LogP contribution < -0.4 is 5.32 Å². The molecule has 104 valence electrons. The van der Waals surface area contributed by atoms with Crippen LogP contribution in [-0.2, 0) is 5.41 Å². The molecule has 1 saturated carbocycles. The summed E-state index contributed by atoms with van der Waals surface area (Å²) in [6.45, 7) is 0.903. The Labute approximate surface area is 119 Å². The van der Waals surface area contributed by atoms with Crippen molar-refractivity contribution < 1.29 is 4.39 Å². The molecule has 0 amide bonds. The van der Waals surface area contributed by atoms with Gasteiger partial charge in [0.15, 0.2) is 0 Å². The van der Waals surface area contributed by atoms with Gasteiger partial charge in [-0.15, -0.1) is 0 Å². The maximum atomic E-state index is 13.5. The molecule has 0 saturated heterocycles. The van der Waals surface area contributed by atoms with Crippen molar-refractivity contribution in [2.75, 3.05) is 13.6 Å². The molecule has 1 nitrogen and oxygen atoms in total. The van der Waals surface area contributed by atoms with Crippen LogP contribution in [0.25, 0.3) is 0 Å². The van der Waals surface area contributed by atoms with Crippen molar-refractivity contribution in [3.63, 3.8) is 0 Å². The lowest BCUT2D eigenvalue weighted by molar-refractivity contribution is 0.197. The summed E-state index contributed by atoms with van der Waals surface area (Å²) in [5.41, 5.74) is 2.60. The summed E-state index contributed by atoms with van der Waals surface area (Å²) in [6, 6.07) is 17.7. The number of rotatable bonds is 4. The molecule has 0 spiro atoms. The molecule has 1 fully saturated rings.